The van der Waals surface area contributed by atoms with E-state index in [1.807, 2.05) is 13.8 Å². The van der Waals surface area contributed by atoms with E-state index in [0.717, 1.165) is 0 Å². The molecule has 1 aromatic rings. The molecule has 0 atom stereocenters. The zero-order valence-electron chi connectivity index (χ0n) is 10.5. The summed E-state index contributed by atoms with van der Waals surface area (Å²) in [4.78, 5) is -0.159. The summed E-state index contributed by atoms with van der Waals surface area (Å²) in [5, 5.41) is 5.16. The first-order valence-electron chi connectivity index (χ1n) is 5.48. The quantitative estimate of drug-likeness (QED) is 0.814. The molecule has 0 heterocycles. The van der Waals surface area contributed by atoms with Gasteiger partial charge in [-0.3, -0.25) is 0 Å². The van der Waals surface area contributed by atoms with Gasteiger partial charge in [-0.25, -0.2) is 13.6 Å². The van der Waals surface area contributed by atoms with Crippen LogP contribution in [0.2, 0.25) is 10.0 Å². The molecule has 2 N–H and O–H groups in total. The van der Waals surface area contributed by atoms with Crippen molar-refractivity contribution in [2.45, 2.75) is 24.8 Å². The molecular formula is C11H15Cl2NO4S. The maximum Gasteiger partial charge on any atom is 0.238 e. The number of benzene rings is 1. The largest absolute Gasteiger partial charge is 0.488 e. The summed E-state index contributed by atoms with van der Waals surface area (Å²) in [6, 6.07) is 2.39. The van der Waals surface area contributed by atoms with E-state index in [4.69, 9.17) is 37.8 Å². The summed E-state index contributed by atoms with van der Waals surface area (Å²) in [6.45, 7) is 4.44. The van der Waals surface area contributed by atoms with Crippen LogP contribution in [0, 0.1) is 0 Å². The molecule has 0 aliphatic carbocycles. The summed E-state index contributed by atoms with van der Waals surface area (Å²) in [5.74, 6) is 0.211. The predicted octanol–water partition coefficient (Wildman–Crippen LogP) is 2.44. The second-order valence-electron chi connectivity index (χ2n) is 4.03. The Balaban J connectivity index is 2.81. The Bertz CT molecular complexity index is 523. The van der Waals surface area contributed by atoms with Crippen LogP contribution in [0.25, 0.3) is 0 Å². The fourth-order valence-electron chi connectivity index (χ4n) is 1.27. The van der Waals surface area contributed by atoms with Crippen molar-refractivity contribution in [3.05, 3.63) is 22.2 Å². The molecule has 0 amide bonds. The van der Waals surface area contributed by atoms with Crippen LogP contribution < -0.4 is 9.88 Å². The molecule has 0 saturated heterocycles. The van der Waals surface area contributed by atoms with Crippen molar-refractivity contribution in [2.24, 2.45) is 5.14 Å². The average molecular weight is 328 g/mol. The Labute approximate surface area is 122 Å². The van der Waals surface area contributed by atoms with Crippen molar-refractivity contribution in [2.75, 3.05) is 13.2 Å². The fraction of sp³-hybridized carbons (Fsp3) is 0.455. The second kappa shape index (κ2) is 6.76. The van der Waals surface area contributed by atoms with E-state index in [1.54, 1.807) is 0 Å². The number of sulfonamides is 1. The highest BCUT2D eigenvalue weighted by atomic mass is 35.5. The van der Waals surface area contributed by atoms with Crippen LogP contribution >= 0.6 is 23.2 Å². The zero-order chi connectivity index (χ0) is 14.6. The lowest BCUT2D eigenvalue weighted by atomic mass is 10.3. The fourth-order valence-corrected chi connectivity index (χ4v) is 2.56. The number of hydrogen-bond donors (Lipinski definition) is 1. The third-order valence-electron chi connectivity index (χ3n) is 2.08. The van der Waals surface area contributed by atoms with E-state index < -0.39 is 10.0 Å². The van der Waals surface area contributed by atoms with Crippen molar-refractivity contribution in [3.63, 3.8) is 0 Å². The minimum Gasteiger partial charge on any atom is -0.488 e. The van der Waals surface area contributed by atoms with Crippen LogP contribution in [0.15, 0.2) is 17.0 Å². The van der Waals surface area contributed by atoms with Gasteiger partial charge in [0.25, 0.3) is 0 Å². The van der Waals surface area contributed by atoms with Gasteiger partial charge in [0.1, 0.15) is 6.61 Å². The average Bonchev–Trinajstić information content (AvgIpc) is 2.25. The van der Waals surface area contributed by atoms with Gasteiger partial charge in [-0.15, -0.1) is 0 Å². The van der Waals surface area contributed by atoms with Crippen LogP contribution in [0.1, 0.15) is 13.8 Å². The molecular weight excluding hydrogens is 313 g/mol. The van der Waals surface area contributed by atoms with Gasteiger partial charge in [0.15, 0.2) is 5.75 Å². The molecule has 0 saturated carbocycles. The van der Waals surface area contributed by atoms with Crippen molar-refractivity contribution >= 4 is 33.2 Å². The lowest BCUT2D eigenvalue weighted by molar-refractivity contribution is 0.0553. The normalized spacial score (nSPS) is 11.9. The van der Waals surface area contributed by atoms with Crippen molar-refractivity contribution in [3.8, 4) is 5.75 Å². The molecule has 1 aromatic carbocycles. The van der Waals surface area contributed by atoms with Crippen LogP contribution in [0.3, 0.4) is 0 Å². The first kappa shape index (κ1) is 16.5. The standard InChI is InChI=1S/C11H15Cl2NO4S/c1-7(2)17-3-4-18-11-9(12)5-8(6-10(11)13)19(14,15)16/h5-7H,3-4H2,1-2H3,(H2,14,15,16). The van der Waals surface area contributed by atoms with Gasteiger partial charge in [-0.05, 0) is 26.0 Å². The molecule has 0 bridgehead atoms. The topological polar surface area (TPSA) is 78.6 Å². The monoisotopic (exact) mass is 327 g/mol. The number of ether oxygens (including phenoxy) is 2. The van der Waals surface area contributed by atoms with Crippen molar-refractivity contribution in [1.82, 2.24) is 0 Å². The van der Waals surface area contributed by atoms with E-state index >= 15 is 0 Å². The molecule has 5 nitrogen and oxygen atoms in total. The van der Waals surface area contributed by atoms with Gasteiger partial charge >= 0.3 is 0 Å². The van der Waals surface area contributed by atoms with Gasteiger partial charge in [-0.2, -0.15) is 0 Å². The van der Waals surface area contributed by atoms with E-state index in [1.165, 1.54) is 12.1 Å². The molecule has 0 aliphatic heterocycles. The van der Waals surface area contributed by atoms with E-state index in [2.05, 4.69) is 0 Å². The molecule has 8 heteroatoms. The summed E-state index contributed by atoms with van der Waals surface area (Å²) in [6.07, 6.45) is 0.0966. The Kier molecular flexibility index (Phi) is 5.88. The van der Waals surface area contributed by atoms with Crippen LogP contribution in [-0.2, 0) is 14.8 Å². The number of hydrogen-bond acceptors (Lipinski definition) is 4. The van der Waals surface area contributed by atoms with E-state index in [9.17, 15) is 8.42 Å². The van der Waals surface area contributed by atoms with Gasteiger partial charge < -0.3 is 9.47 Å². The van der Waals surface area contributed by atoms with Crippen LogP contribution in [-0.4, -0.2) is 27.7 Å². The van der Waals surface area contributed by atoms with Gasteiger partial charge in [0.2, 0.25) is 10.0 Å². The summed E-state index contributed by atoms with van der Waals surface area (Å²) in [7, 11) is -3.85. The molecule has 0 fully saturated rings. The highest BCUT2D eigenvalue weighted by Gasteiger charge is 2.15. The van der Waals surface area contributed by atoms with E-state index in [0.29, 0.717) is 6.61 Å². The minimum atomic E-state index is -3.85. The zero-order valence-corrected chi connectivity index (χ0v) is 12.8. The van der Waals surface area contributed by atoms with E-state index in [-0.39, 0.29) is 33.4 Å². The molecule has 0 unspecified atom stereocenters. The molecule has 0 spiro atoms. The summed E-state index contributed by atoms with van der Waals surface area (Å²) < 4.78 is 33.0. The predicted molar refractivity (Wildman–Crippen MR) is 74.4 cm³/mol. The van der Waals surface area contributed by atoms with Gasteiger partial charge in [-0.1, -0.05) is 23.2 Å². The number of halogens is 2. The lowest BCUT2D eigenvalue weighted by Gasteiger charge is -2.12. The molecule has 0 radical (unpaired) electrons. The Morgan fingerprint density at radius 2 is 1.74 bits per heavy atom. The van der Waals surface area contributed by atoms with Gasteiger partial charge in [0, 0.05) is 0 Å². The number of rotatable bonds is 6. The summed E-state index contributed by atoms with van der Waals surface area (Å²) in [5.41, 5.74) is 0. The van der Waals surface area contributed by atoms with Crippen LogP contribution in [0.5, 0.6) is 5.75 Å². The maximum absolute atomic E-state index is 11.2. The molecule has 1 rings (SSSR count). The first-order chi connectivity index (χ1) is 8.71. The third kappa shape index (κ3) is 5.16. The third-order valence-corrected chi connectivity index (χ3v) is 3.54. The minimum absolute atomic E-state index is 0.0843. The maximum atomic E-state index is 11.2. The first-order valence-corrected chi connectivity index (χ1v) is 7.78. The Hall–Kier alpha value is -0.530. The molecule has 0 aliphatic rings. The van der Waals surface area contributed by atoms with Crippen molar-refractivity contribution < 1.29 is 17.9 Å². The molecule has 19 heavy (non-hydrogen) atoms. The SMILES string of the molecule is CC(C)OCCOc1c(Cl)cc(S(N)(=O)=O)cc1Cl. The van der Waals surface area contributed by atoms with Gasteiger partial charge in [0.05, 0.1) is 27.7 Å². The second-order valence-corrected chi connectivity index (χ2v) is 6.40. The molecule has 0 aromatic heterocycles. The Morgan fingerprint density at radius 3 is 2.16 bits per heavy atom. The van der Waals surface area contributed by atoms with Crippen molar-refractivity contribution in [1.29, 1.82) is 0 Å². The molecule has 108 valence electrons. The summed E-state index contributed by atoms with van der Waals surface area (Å²) >= 11 is 11.8. The lowest BCUT2D eigenvalue weighted by Crippen LogP contribution is -2.13. The highest BCUT2D eigenvalue weighted by molar-refractivity contribution is 7.89. The number of nitrogens with two attached hydrogens (primary N) is 1. The van der Waals surface area contributed by atoms with Crippen LogP contribution in [0.4, 0.5) is 0 Å². The smallest absolute Gasteiger partial charge is 0.238 e. The Morgan fingerprint density at radius 1 is 1.21 bits per heavy atom. The highest BCUT2D eigenvalue weighted by Crippen LogP contribution is 2.35. The number of primary sulfonamides is 1.